The highest BCUT2D eigenvalue weighted by Crippen LogP contribution is 2.70. The molecule has 3 aliphatic rings. The number of aliphatic hydroxyl groups is 1. The van der Waals surface area contributed by atoms with Gasteiger partial charge in [-0.25, -0.2) is 4.52 Å². The number of ether oxygens (including phenoxy) is 1. The third kappa shape index (κ3) is 2.89. The first kappa shape index (κ1) is 21.4. The lowest BCUT2D eigenvalue weighted by molar-refractivity contribution is 0.0501. The number of benzene rings is 1. The predicted molar refractivity (Wildman–Crippen MR) is 130 cm³/mol. The molecule has 1 atom stereocenters. The van der Waals surface area contributed by atoms with E-state index in [1.54, 1.807) is 42.0 Å². The Bertz CT molecular complexity index is 1610. The topological polar surface area (TPSA) is 109 Å². The number of nitrogens with one attached hydrogen (secondary N) is 1. The average Bonchev–Trinajstić information content (AvgIpc) is 3.40. The van der Waals surface area contributed by atoms with Crippen molar-refractivity contribution in [2.45, 2.75) is 57.2 Å². The Hall–Kier alpha value is -3.85. The van der Waals surface area contributed by atoms with Gasteiger partial charge < -0.3 is 24.5 Å². The first-order valence-electron chi connectivity index (χ1n) is 12.2. The molecule has 2 N–H and O–H groups in total. The third-order valence-electron chi connectivity index (χ3n) is 8.18. The Morgan fingerprint density at radius 3 is 2.69 bits per heavy atom. The molecule has 3 fully saturated rings. The van der Waals surface area contributed by atoms with Gasteiger partial charge in [-0.2, -0.15) is 5.10 Å². The number of aryl methyl sites for hydroxylation is 2. The second-order valence-corrected chi connectivity index (χ2v) is 10.5. The van der Waals surface area contributed by atoms with E-state index in [1.807, 2.05) is 17.9 Å². The SMILES string of the molecule is Cc1oc2cc(Oc3ccnn4cc(C(=O)N5CCC5C)c(C)c34)ccc2c1C(=O)NC12CC1(O)C2. The van der Waals surface area contributed by atoms with Crippen molar-refractivity contribution in [3.05, 3.63) is 59.1 Å². The van der Waals surface area contributed by atoms with Crippen molar-refractivity contribution in [2.75, 3.05) is 6.54 Å². The minimum Gasteiger partial charge on any atom is -0.460 e. The van der Waals surface area contributed by atoms with Gasteiger partial charge in [0.15, 0.2) is 5.75 Å². The van der Waals surface area contributed by atoms with E-state index in [0.29, 0.717) is 52.2 Å². The van der Waals surface area contributed by atoms with Crippen LogP contribution in [0.2, 0.25) is 0 Å². The third-order valence-corrected chi connectivity index (χ3v) is 8.18. The molecule has 36 heavy (non-hydrogen) atoms. The molecular formula is C27H26N4O5. The number of rotatable bonds is 5. The summed E-state index contributed by atoms with van der Waals surface area (Å²) >= 11 is 0. The zero-order valence-electron chi connectivity index (χ0n) is 20.3. The summed E-state index contributed by atoms with van der Waals surface area (Å²) < 4.78 is 13.8. The van der Waals surface area contributed by atoms with Gasteiger partial charge in [-0.3, -0.25) is 9.59 Å². The fourth-order valence-corrected chi connectivity index (χ4v) is 5.51. The van der Waals surface area contributed by atoms with Gasteiger partial charge in [-0.15, -0.1) is 0 Å². The highest BCUT2D eigenvalue weighted by Gasteiger charge is 2.84. The molecule has 184 valence electrons. The van der Waals surface area contributed by atoms with E-state index in [2.05, 4.69) is 17.3 Å². The monoisotopic (exact) mass is 486 g/mol. The van der Waals surface area contributed by atoms with Crippen LogP contribution in [0.4, 0.5) is 0 Å². The van der Waals surface area contributed by atoms with Gasteiger partial charge in [-0.1, -0.05) is 0 Å². The van der Waals surface area contributed by atoms with Crippen LogP contribution < -0.4 is 10.1 Å². The molecule has 1 aliphatic heterocycles. The number of amides is 2. The number of aromatic nitrogens is 2. The van der Waals surface area contributed by atoms with E-state index >= 15 is 0 Å². The van der Waals surface area contributed by atoms with Crippen LogP contribution in [0.3, 0.4) is 0 Å². The van der Waals surface area contributed by atoms with Gasteiger partial charge >= 0.3 is 0 Å². The predicted octanol–water partition coefficient (Wildman–Crippen LogP) is 3.73. The maximum Gasteiger partial charge on any atom is 0.256 e. The lowest BCUT2D eigenvalue weighted by atomic mass is 10.0. The lowest BCUT2D eigenvalue weighted by Crippen LogP contribution is -2.49. The van der Waals surface area contributed by atoms with E-state index in [4.69, 9.17) is 9.15 Å². The number of carbonyl (C=O) groups is 2. The normalized spacial score (nSPS) is 26.0. The molecule has 4 aromatic rings. The molecule has 9 nitrogen and oxygen atoms in total. The van der Waals surface area contributed by atoms with Gasteiger partial charge in [0.1, 0.15) is 22.6 Å². The summed E-state index contributed by atoms with van der Waals surface area (Å²) in [7, 11) is 0. The van der Waals surface area contributed by atoms with E-state index in [1.165, 1.54) is 0 Å². The highest BCUT2D eigenvalue weighted by molar-refractivity contribution is 6.08. The fraction of sp³-hybridized carbons (Fsp3) is 0.370. The number of hydrogen-bond donors (Lipinski definition) is 2. The molecule has 1 aromatic carbocycles. The summed E-state index contributed by atoms with van der Waals surface area (Å²) in [6, 6.07) is 7.37. The maximum absolute atomic E-state index is 13.0. The van der Waals surface area contributed by atoms with Crippen LogP contribution in [0.5, 0.6) is 11.5 Å². The van der Waals surface area contributed by atoms with E-state index in [9.17, 15) is 14.7 Å². The smallest absolute Gasteiger partial charge is 0.256 e. The lowest BCUT2D eigenvalue weighted by Gasteiger charge is -2.38. The van der Waals surface area contributed by atoms with Crippen LogP contribution in [0, 0.1) is 13.8 Å². The van der Waals surface area contributed by atoms with Crippen molar-refractivity contribution in [3.63, 3.8) is 0 Å². The van der Waals surface area contributed by atoms with Crippen LogP contribution >= 0.6 is 0 Å². The van der Waals surface area contributed by atoms with Crippen molar-refractivity contribution < 1.29 is 23.8 Å². The minimum absolute atomic E-state index is 0.0105. The minimum atomic E-state index is -0.706. The quantitative estimate of drug-likeness (QED) is 0.445. The zero-order chi connectivity index (χ0) is 25.0. The van der Waals surface area contributed by atoms with E-state index in [0.717, 1.165) is 24.0 Å². The van der Waals surface area contributed by atoms with Crippen molar-refractivity contribution in [3.8, 4) is 11.5 Å². The van der Waals surface area contributed by atoms with Crippen molar-refractivity contribution in [2.24, 2.45) is 0 Å². The summed E-state index contributed by atoms with van der Waals surface area (Å²) in [5.41, 5.74) is 2.02. The number of furan rings is 1. The van der Waals surface area contributed by atoms with Crippen LogP contribution in [0.25, 0.3) is 16.5 Å². The molecule has 1 unspecified atom stereocenters. The van der Waals surface area contributed by atoms with E-state index in [-0.39, 0.29) is 17.9 Å². The van der Waals surface area contributed by atoms with Gasteiger partial charge in [0, 0.05) is 49.1 Å². The van der Waals surface area contributed by atoms with Gasteiger partial charge in [0.05, 0.1) is 28.5 Å². The molecule has 0 radical (unpaired) electrons. The molecule has 0 spiro atoms. The second-order valence-electron chi connectivity index (χ2n) is 10.5. The summed E-state index contributed by atoms with van der Waals surface area (Å²) in [6.07, 6.45) is 5.64. The number of likely N-dealkylation sites (tertiary alicyclic amines) is 1. The van der Waals surface area contributed by atoms with Crippen LogP contribution in [-0.2, 0) is 0 Å². The first-order valence-corrected chi connectivity index (χ1v) is 12.2. The van der Waals surface area contributed by atoms with Crippen molar-refractivity contribution in [1.82, 2.24) is 19.8 Å². The molecule has 3 aromatic heterocycles. The van der Waals surface area contributed by atoms with Gasteiger partial charge in [0.2, 0.25) is 0 Å². The Morgan fingerprint density at radius 1 is 1.25 bits per heavy atom. The Labute approximate surface area is 206 Å². The summed E-state index contributed by atoms with van der Waals surface area (Å²) in [4.78, 5) is 27.8. The van der Waals surface area contributed by atoms with Crippen LogP contribution in [0.1, 0.15) is 58.2 Å². The summed E-state index contributed by atoms with van der Waals surface area (Å²) in [5.74, 6) is 1.40. The molecule has 2 amide bonds. The Morgan fingerprint density at radius 2 is 2.03 bits per heavy atom. The van der Waals surface area contributed by atoms with Crippen molar-refractivity contribution >= 4 is 28.3 Å². The highest BCUT2D eigenvalue weighted by atomic mass is 16.5. The Balaban J connectivity index is 1.19. The van der Waals surface area contributed by atoms with Crippen LogP contribution in [0.15, 0.2) is 41.1 Å². The Kier molecular flexibility index (Phi) is 4.10. The molecule has 7 rings (SSSR count). The number of hydrogen-bond acceptors (Lipinski definition) is 6. The molecule has 2 aliphatic carbocycles. The van der Waals surface area contributed by atoms with Gasteiger partial charge in [0.25, 0.3) is 11.8 Å². The van der Waals surface area contributed by atoms with Gasteiger partial charge in [-0.05, 0) is 44.9 Å². The van der Waals surface area contributed by atoms with E-state index < -0.39 is 11.1 Å². The number of carbonyl (C=O) groups excluding carboxylic acids is 2. The average molecular weight is 487 g/mol. The van der Waals surface area contributed by atoms with Crippen LogP contribution in [-0.4, -0.2) is 55.2 Å². The first-order chi connectivity index (χ1) is 17.2. The standard InChI is InChI=1S/C27H26N4O5/c1-14-7-9-30(14)25(33)19-11-31-23(15(19)2)20(6-8-28-31)36-17-4-5-18-21(10-17)35-16(3)22(18)24(32)29-26-12-27(26,34)13-26/h4-6,8,10-11,14,34H,7,9,12-13H2,1-3H3,(H,29,32). The molecule has 9 heteroatoms. The molecule has 1 saturated heterocycles. The maximum atomic E-state index is 13.0. The molecular weight excluding hydrogens is 460 g/mol. The summed E-state index contributed by atoms with van der Waals surface area (Å²) in [5, 5.41) is 18.1. The molecule has 2 saturated carbocycles. The summed E-state index contributed by atoms with van der Waals surface area (Å²) in [6.45, 7) is 6.49. The number of fused-ring (bicyclic) bond motifs is 3. The molecule has 0 bridgehead atoms. The largest absolute Gasteiger partial charge is 0.460 e. The fourth-order valence-electron chi connectivity index (χ4n) is 5.51. The second kappa shape index (κ2) is 6.88. The number of nitrogens with zero attached hydrogens (tertiary/aromatic N) is 3. The molecule has 4 heterocycles. The van der Waals surface area contributed by atoms with Crippen molar-refractivity contribution in [1.29, 1.82) is 0 Å². The zero-order valence-corrected chi connectivity index (χ0v) is 20.3.